The number of hydrogen-bond acceptors (Lipinski definition) is 4. The van der Waals surface area contributed by atoms with Gasteiger partial charge in [0, 0.05) is 30.5 Å². The fourth-order valence-corrected chi connectivity index (χ4v) is 2.79. The van der Waals surface area contributed by atoms with E-state index in [1.54, 1.807) is 19.5 Å². The van der Waals surface area contributed by atoms with Crippen molar-refractivity contribution in [3.05, 3.63) is 88.7 Å². The molecule has 4 nitrogen and oxygen atoms in total. The van der Waals surface area contributed by atoms with Gasteiger partial charge in [0.1, 0.15) is 6.61 Å². The molecule has 2 aromatic carbocycles. The van der Waals surface area contributed by atoms with Gasteiger partial charge in [0.25, 0.3) is 0 Å². The van der Waals surface area contributed by atoms with Crippen LogP contribution in [0.1, 0.15) is 16.7 Å². The van der Waals surface area contributed by atoms with E-state index < -0.39 is 0 Å². The zero-order valence-corrected chi connectivity index (χ0v) is 17.8. The summed E-state index contributed by atoms with van der Waals surface area (Å²) in [5.41, 5.74) is 3.35. The molecule has 150 valence electrons. The van der Waals surface area contributed by atoms with Crippen molar-refractivity contribution in [3.8, 4) is 11.5 Å². The second-order valence-electron chi connectivity index (χ2n) is 5.86. The highest BCUT2D eigenvalue weighted by Gasteiger charge is 2.07. The van der Waals surface area contributed by atoms with Crippen molar-refractivity contribution in [1.82, 2.24) is 10.3 Å². The summed E-state index contributed by atoms with van der Waals surface area (Å²) in [6, 6.07) is 17.6. The normalized spacial score (nSPS) is 9.79. The lowest BCUT2D eigenvalue weighted by molar-refractivity contribution is 0.284. The molecule has 0 saturated carbocycles. The molecule has 0 saturated heterocycles. The molecule has 0 radical (unpaired) electrons. The number of pyridine rings is 1. The minimum absolute atomic E-state index is 0. The Hall–Kier alpha value is -1.98. The highest BCUT2D eigenvalue weighted by atomic mass is 35.5. The summed E-state index contributed by atoms with van der Waals surface area (Å²) in [5, 5.41) is 4.12. The minimum Gasteiger partial charge on any atom is -0.493 e. The molecule has 0 atom stereocenters. The molecule has 1 N–H and O–H groups in total. The lowest BCUT2D eigenvalue weighted by Gasteiger charge is -2.13. The smallest absolute Gasteiger partial charge is 0.161 e. The molecule has 0 aliphatic carbocycles. The molecule has 1 aromatic heterocycles. The van der Waals surface area contributed by atoms with E-state index >= 15 is 0 Å². The van der Waals surface area contributed by atoms with Gasteiger partial charge in [0.15, 0.2) is 11.5 Å². The Balaban J connectivity index is 0.00000196. The van der Waals surface area contributed by atoms with Crippen LogP contribution < -0.4 is 14.8 Å². The van der Waals surface area contributed by atoms with Crippen LogP contribution in [0.3, 0.4) is 0 Å². The van der Waals surface area contributed by atoms with E-state index in [2.05, 4.69) is 10.3 Å². The summed E-state index contributed by atoms with van der Waals surface area (Å²) in [6.07, 6.45) is 3.60. The van der Waals surface area contributed by atoms with Gasteiger partial charge >= 0.3 is 0 Å². The molecule has 3 aromatic rings. The van der Waals surface area contributed by atoms with Crippen molar-refractivity contribution in [2.75, 3.05) is 7.11 Å². The first-order valence-electron chi connectivity index (χ1n) is 8.38. The number of ether oxygens (including phenoxy) is 2. The second-order valence-corrected chi connectivity index (χ2v) is 6.30. The summed E-state index contributed by atoms with van der Waals surface area (Å²) in [4.78, 5) is 4.02. The van der Waals surface area contributed by atoms with Gasteiger partial charge in [-0.25, -0.2) is 0 Å². The predicted octanol–water partition coefficient (Wildman–Crippen LogP) is 5.46. The molecule has 0 unspecified atom stereocenters. The third kappa shape index (κ3) is 7.21. The van der Waals surface area contributed by atoms with Gasteiger partial charge in [0.05, 0.1) is 7.11 Å². The summed E-state index contributed by atoms with van der Waals surface area (Å²) in [5.74, 6) is 1.43. The average molecular weight is 442 g/mol. The van der Waals surface area contributed by atoms with Gasteiger partial charge in [-0.05, 0) is 53.1 Å². The molecule has 0 amide bonds. The molecule has 0 spiro atoms. The Morgan fingerprint density at radius 1 is 0.857 bits per heavy atom. The van der Waals surface area contributed by atoms with Gasteiger partial charge in [-0.15, -0.1) is 24.8 Å². The summed E-state index contributed by atoms with van der Waals surface area (Å²) in [6.45, 7) is 1.97. The van der Waals surface area contributed by atoms with E-state index in [-0.39, 0.29) is 24.8 Å². The van der Waals surface area contributed by atoms with Crippen LogP contribution in [-0.2, 0) is 19.7 Å². The molecule has 0 aliphatic heterocycles. The number of halogens is 3. The van der Waals surface area contributed by atoms with Crippen LogP contribution >= 0.6 is 36.4 Å². The third-order valence-electron chi connectivity index (χ3n) is 3.92. The molecular formula is C21H23Cl3N2O2. The maximum Gasteiger partial charge on any atom is 0.161 e. The Bertz CT molecular complexity index is 848. The SMILES string of the molecule is COc1cc(CNCc2ccncc2)ccc1OCc1cccc(Cl)c1.Cl.Cl. The van der Waals surface area contributed by atoms with Gasteiger partial charge in [0.2, 0.25) is 0 Å². The maximum absolute atomic E-state index is 6.01. The molecule has 0 bridgehead atoms. The van der Waals surface area contributed by atoms with E-state index in [0.29, 0.717) is 17.4 Å². The quantitative estimate of drug-likeness (QED) is 0.504. The lowest BCUT2D eigenvalue weighted by atomic mass is 10.2. The third-order valence-corrected chi connectivity index (χ3v) is 4.15. The number of hydrogen-bond donors (Lipinski definition) is 1. The first-order valence-corrected chi connectivity index (χ1v) is 8.76. The fraction of sp³-hybridized carbons (Fsp3) is 0.190. The van der Waals surface area contributed by atoms with Crippen molar-refractivity contribution in [3.63, 3.8) is 0 Å². The fourth-order valence-electron chi connectivity index (χ4n) is 2.58. The van der Waals surface area contributed by atoms with E-state index in [1.165, 1.54) is 5.56 Å². The van der Waals surface area contributed by atoms with Gasteiger partial charge in [-0.3, -0.25) is 4.98 Å². The van der Waals surface area contributed by atoms with Crippen LogP contribution in [0.25, 0.3) is 0 Å². The maximum atomic E-state index is 6.01. The standard InChI is InChI=1S/C21H21ClN2O2.2ClH/c1-25-21-12-17(14-24-13-16-7-9-23-10-8-16)5-6-20(21)26-15-18-3-2-4-19(22)11-18;;/h2-12,24H,13-15H2,1H3;2*1H. The van der Waals surface area contributed by atoms with Crippen LogP contribution in [-0.4, -0.2) is 12.1 Å². The molecule has 28 heavy (non-hydrogen) atoms. The van der Waals surface area contributed by atoms with Crippen LogP contribution in [0.4, 0.5) is 0 Å². The highest BCUT2D eigenvalue weighted by molar-refractivity contribution is 6.30. The van der Waals surface area contributed by atoms with Crippen LogP contribution in [0.15, 0.2) is 67.0 Å². The summed E-state index contributed by atoms with van der Waals surface area (Å²) >= 11 is 6.01. The topological polar surface area (TPSA) is 43.4 Å². The van der Waals surface area contributed by atoms with Crippen LogP contribution in [0.2, 0.25) is 5.02 Å². The first kappa shape index (κ1) is 24.1. The number of rotatable bonds is 8. The first-order chi connectivity index (χ1) is 12.7. The van der Waals surface area contributed by atoms with Crippen molar-refractivity contribution in [1.29, 1.82) is 0 Å². The van der Waals surface area contributed by atoms with E-state index in [4.69, 9.17) is 21.1 Å². The zero-order valence-electron chi connectivity index (χ0n) is 15.4. The van der Waals surface area contributed by atoms with E-state index in [1.807, 2.05) is 54.6 Å². The van der Waals surface area contributed by atoms with Crippen LogP contribution in [0.5, 0.6) is 11.5 Å². The Kier molecular flexibility index (Phi) is 10.7. The minimum atomic E-state index is 0. The van der Waals surface area contributed by atoms with Crippen molar-refractivity contribution in [2.45, 2.75) is 19.7 Å². The monoisotopic (exact) mass is 440 g/mol. The Morgan fingerprint density at radius 2 is 1.61 bits per heavy atom. The number of benzene rings is 2. The van der Waals surface area contributed by atoms with Crippen molar-refractivity contribution < 1.29 is 9.47 Å². The van der Waals surface area contributed by atoms with E-state index in [9.17, 15) is 0 Å². The largest absolute Gasteiger partial charge is 0.493 e. The van der Waals surface area contributed by atoms with Gasteiger partial charge in [-0.2, -0.15) is 0 Å². The summed E-state index contributed by atoms with van der Waals surface area (Å²) in [7, 11) is 1.65. The molecule has 3 rings (SSSR count). The number of aromatic nitrogens is 1. The highest BCUT2D eigenvalue weighted by Crippen LogP contribution is 2.29. The summed E-state index contributed by atoms with van der Waals surface area (Å²) < 4.78 is 11.4. The van der Waals surface area contributed by atoms with Crippen molar-refractivity contribution >= 4 is 36.4 Å². The second kappa shape index (κ2) is 12.5. The van der Waals surface area contributed by atoms with Gasteiger partial charge in [-0.1, -0.05) is 29.8 Å². The zero-order chi connectivity index (χ0) is 18.2. The molecule has 0 aliphatic rings. The number of nitrogens with one attached hydrogen (secondary N) is 1. The Labute approximate surface area is 183 Å². The average Bonchev–Trinajstić information content (AvgIpc) is 2.67. The van der Waals surface area contributed by atoms with Gasteiger partial charge < -0.3 is 14.8 Å². The Morgan fingerprint density at radius 3 is 2.32 bits per heavy atom. The molecule has 1 heterocycles. The van der Waals surface area contributed by atoms with Crippen molar-refractivity contribution in [2.24, 2.45) is 0 Å². The van der Waals surface area contributed by atoms with E-state index in [0.717, 1.165) is 30.0 Å². The number of nitrogens with zero attached hydrogens (tertiary/aromatic N) is 1. The lowest BCUT2D eigenvalue weighted by Crippen LogP contribution is -2.12. The van der Waals surface area contributed by atoms with Crippen LogP contribution in [0, 0.1) is 0 Å². The molecule has 0 fully saturated rings. The number of methoxy groups -OCH3 is 1. The molecule has 7 heteroatoms. The predicted molar refractivity (Wildman–Crippen MR) is 118 cm³/mol. The molecular weight excluding hydrogens is 419 g/mol.